The van der Waals surface area contributed by atoms with Crippen LogP contribution in [0, 0.1) is 0 Å². The number of aryl methyl sites for hydroxylation is 1. The second kappa shape index (κ2) is 9.06. The second-order valence-electron chi connectivity index (χ2n) is 8.77. The third-order valence-corrected chi connectivity index (χ3v) is 6.25. The van der Waals surface area contributed by atoms with Crippen molar-refractivity contribution in [1.82, 2.24) is 19.3 Å². The van der Waals surface area contributed by atoms with Crippen molar-refractivity contribution in [1.29, 1.82) is 0 Å². The highest BCUT2D eigenvalue weighted by molar-refractivity contribution is 6.21. The summed E-state index contributed by atoms with van der Waals surface area (Å²) in [5, 5.41) is 5.45. The zero-order valence-corrected chi connectivity index (χ0v) is 20.0. The maximum atomic E-state index is 12.4. The Morgan fingerprint density at radius 2 is 1.74 bits per heavy atom. The van der Waals surface area contributed by atoms with Gasteiger partial charge in [0.1, 0.15) is 6.04 Å². The molecule has 0 fully saturated rings. The number of pyridine rings is 1. The first-order valence-electron chi connectivity index (χ1n) is 11.5. The molecule has 35 heavy (non-hydrogen) atoms. The summed E-state index contributed by atoms with van der Waals surface area (Å²) in [7, 11) is 1.91. The molecule has 0 aliphatic carbocycles. The fraction of sp³-hybridized carbons (Fsp3) is 0.138. The molecule has 1 atom stereocenters. The molecule has 0 saturated heterocycles. The molecule has 0 saturated carbocycles. The van der Waals surface area contributed by atoms with Crippen molar-refractivity contribution in [2.24, 2.45) is 12.8 Å². The van der Waals surface area contributed by atoms with Crippen molar-refractivity contribution in [3.63, 3.8) is 0 Å². The Labute approximate surface area is 204 Å². The van der Waals surface area contributed by atoms with E-state index in [0.717, 1.165) is 38.9 Å². The number of nitrogens with two attached hydrogens (primary N) is 1. The van der Waals surface area contributed by atoms with Crippen LogP contribution in [0.1, 0.15) is 36.7 Å². The average molecular weight is 462 g/mol. The number of fused-ring (bicyclic) bond motifs is 1. The van der Waals surface area contributed by atoms with Crippen LogP contribution in [0.2, 0.25) is 0 Å². The van der Waals surface area contributed by atoms with Gasteiger partial charge in [0.15, 0.2) is 5.78 Å². The Morgan fingerprint density at radius 1 is 0.971 bits per heavy atom. The van der Waals surface area contributed by atoms with E-state index in [0.29, 0.717) is 11.3 Å². The van der Waals surface area contributed by atoms with Crippen molar-refractivity contribution < 1.29 is 4.79 Å². The summed E-state index contributed by atoms with van der Waals surface area (Å²) >= 11 is 0. The molecule has 0 spiro atoms. The molecule has 2 aromatic carbocycles. The lowest BCUT2D eigenvalue weighted by molar-refractivity contribution is -0.111. The van der Waals surface area contributed by atoms with Crippen LogP contribution in [0.25, 0.3) is 27.6 Å². The molecular weight excluding hydrogens is 434 g/mol. The van der Waals surface area contributed by atoms with Crippen LogP contribution in [0.15, 0.2) is 97.2 Å². The summed E-state index contributed by atoms with van der Waals surface area (Å²) in [6.45, 7) is 3.32. The summed E-state index contributed by atoms with van der Waals surface area (Å²) in [6.07, 6.45) is 7.86. The van der Waals surface area contributed by atoms with Gasteiger partial charge in [0.25, 0.3) is 0 Å². The van der Waals surface area contributed by atoms with Gasteiger partial charge in [0.2, 0.25) is 0 Å². The SMILES string of the molecule is CC(=O)C(=C(C)N)c1ccc2c(-c3cnn(C)c3)cn(C(c3ccccc3)c3ccccn3)c2c1. The predicted molar refractivity (Wildman–Crippen MR) is 140 cm³/mol. The number of carbonyl (C=O) groups is 1. The minimum absolute atomic E-state index is 0.0562. The van der Waals surface area contributed by atoms with Crippen molar-refractivity contribution >= 4 is 22.3 Å². The van der Waals surface area contributed by atoms with Gasteiger partial charge in [-0.15, -0.1) is 0 Å². The van der Waals surface area contributed by atoms with E-state index >= 15 is 0 Å². The smallest absolute Gasteiger partial charge is 0.162 e. The molecule has 2 N–H and O–H groups in total. The van der Waals surface area contributed by atoms with Gasteiger partial charge < -0.3 is 10.3 Å². The summed E-state index contributed by atoms with van der Waals surface area (Å²) in [5.41, 5.74) is 13.1. The number of hydrogen-bond acceptors (Lipinski definition) is 4. The Bertz CT molecular complexity index is 1500. The van der Waals surface area contributed by atoms with E-state index in [1.54, 1.807) is 18.5 Å². The third-order valence-electron chi connectivity index (χ3n) is 6.25. The standard InChI is InChI=1S/C29H27N5O/c1-19(30)28(20(2)35)22-12-13-24-25(23-16-32-33(3)17-23)18-34(27(24)15-22)29(21-9-5-4-6-10-21)26-11-7-8-14-31-26/h4-18,29H,30H2,1-3H3. The maximum absolute atomic E-state index is 12.4. The molecule has 5 aromatic rings. The minimum Gasteiger partial charge on any atom is -0.402 e. The highest BCUT2D eigenvalue weighted by Crippen LogP contribution is 2.37. The van der Waals surface area contributed by atoms with E-state index < -0.39 is 0 Å². The molecule has 0 aliphatic rings. The molecule has 6 heteroatoms. The number of Topliss-reactive ketones (excluding diaryl/α,β-unsaturated/α-hetero) is 1. The molecule has 0 aliphatic heterocycles. The van der Waals surface area contributed by atoms with Crippen molar-refractivity contribution in [3.8, 4) is 11.1 Å². The number of allylic oxidation sites excluding steroid dienone is 2. The Morgan fingerprint density at radius 3 is 2.37 bits per heavy atom. The molecule has 0 amide bonds. The van der Waals surface area contributed by atoms with Crippen molar-refractivity contribution in [2.45, 2.75) is 19.9 Å². The van der Waals surface area contributed by atoms with E-state index in [2.05, 4.69) is 40.1 Å². The van der Waals surface area contributed by atoms with E-state index in [1.165, 1.54) is 0 Å². The van der Waals surface area contributed by atoms with Crippen LogP contribution in [0.3, 0.4) is 0 Å². The minimum atomic E-state index is -0.163. The van der Waals surface area contributed by atoms with Crippen LogP contribution >= 0.6 is 0 Å². The number of hydrogen-bond donors (Lipinski definition) is 1. The summed E-state index contributed by atoms with van der Waals surface area (Å²) in [5.74, 6) is -0.0562. The predicted octanol–water partition coefficient (Wildman–Crippen LogP) is 5.35. The molecule has 5 rings (SSSR count). The van der Waals surface area contributed by atoms with Gasteiger partial charge in [0.05, 0.1) is 17.4 Å². The number of aromatic nitrogens is 4. The Balaban J connectivity index is 1.84. The zero-order chi connectivity index (χ0) is 24.5. The highest BCUT2D eigenvalue weighted by atomic mass is 16.1. The zero-order valence-electron chi connectivity index (χ0n) is 20.0. The number of ketones is 1. The first-order chi connectivity index (χ1) is 16.9. The third kappa shape index (κ3) is 4.15. The number of rotatable bonds is 6. The largest absolute Gasteiger partial charge is 0.402 e. The van der Waals surface area contributed by atoms with Crippen LogP contribution < -0.4 is 5.73 Å². The fourth-order valence-corrected chi connectivity index (χ4v) is 4.77. The maximum Gasteiger partial charge on any atom is 0.162 e. The van der Waals surface area contributed by atoms with Gasteiger partial charge in [-0.25, -0.2) is 0 Å². The molecule has 6 nitrogen and oxygen atoms in total. The average Bonchev–Trinajstić information content (AvgIpc) is 3.44. The molecule has 174 valence electrons. The number of nitrogens with zero attached hydrogens (tertiary/aromatic N) is 4. The van der Waals surface area contributed by atoms with E-state index in [4.69, 9.17) is 10.7 Å². The first kappa shape index (κ1) is 22.3. The van der Waals surface area contributed by atoms with Gasteiger partial charge in [0, 0.05) is 53.4 Å². The van der Waals surface area contributed by atoms with Crippen LogP contribution in [0.4, 0.5) is 0 Å². The van der Waals surface area contributed by atoms with Crippen LogP contribution in [-0.4, -0.2) is 25.1 Å². The molecule has 1 unspecified atom stereocenters. The van der Waals surface area contributed by atoms with E-state index in [9.17, 15) is 4.79 Å². The quantitative estimate of drug-likeness (QED) is 0.346. The van der Waals surface area contributed by atoms with Gasteiger partial charge in [-0.2, -0.15) is 5.10 Å². The van der Waals surface area contributed by atoms with Crippen molar-refractivity contribution in [3.05, 3.63) is 114 Å². The second-order valence-corrected chi connectivity index (χ2v) is 8.77. The molecule has 3 aromatic heterocycles. The lowest BCUT2D eigenvalue weighted by Gasteiger charge is -2.21. The Kier molecular flexibility index (Phi) is 5.79. The summed E-state index contributed by atoms with van der Waals surface area (Å²) in [6, 6.07) is 22.2. The highest BCUT2D eigenvalue weighted by Gasteiger charge is 2.23. The number of benzene rings is 2. The lowest BCUT2D eigenvalue weighted by Crippen LogP contribution is -2.13. The Hall–Kier alpha value is -4.45. The topological polar surface area (TPSA) is 78.7 Å². The van der Waals surface area contributed by atoms with E-state index in [-0.39, 0.29) is 11.8 Å². The first-order valence-corrected chi connectivity index (χ1v) is 11.5. The van der Waals surface area contributed by atoms with E-state index in [1.807, 2.05) is 68.1 Å². The fourth-order valence-electron chi connectivity index (χ4n) is 4.77. The molecule has 0 bridgehead atoms. The van der Waals surface area contributed by atoms with Gasteiger partial charge in [-0.1, -0.05) is 48.5 Å². The monoisotopic (exact) mass is 461 g/mol. The molecule has 0 radical (unpaired) electrons. The van der Waals surface area contributed by atoms with Gasteiger partial charge in [-0.05, 0) is 43.2 Å². The summed E-state index contributed by atoms with van der Waals surface area (Å²) < 4.78 is 4.04. The summed E-state index contributed by atoms with van der Waals surface area (Å²) in [4.78, 5) is 17.2. The normalized spacial score (nSPS) is 13.0. The van der Waals surface area contributed by atoms with Gasteiger partial charge >= 0.3 is 0 Å². The lowest BCUT2D eigenvalue weighted by atomic mass is 9.98. The van der Waals surface area contributed by atoms with Crippen LogP contribution in [-0.2, 0) is 11.8 Å². The molecule has 3 heterocycles. The van der Waals surface area contributed by atoms with Gasteiger partial charge in [-0.3, -0.25) is 14.5 Å². The molecular formula is C29H27N5O. The van der Waals surface area contributed by atoms with Crippen molar-refractivity contribution in [2.75, 3.05) is 0 Å². The van der Waals surface area contributed by atoms with Crippen LogP contribution in [0.5, 0.6) is 0 Å². The number of carbonyl (C=O) groups excluding carboxylic acids is 1.